The lowest BCUT2D eigenvalue weighted by Gasteiger charge is -2.36. The molecule has 0 aliphatic carbocycles. The van der Waals surface area contributed by atoms with Crippen molar-refractivity contribution in [3.05, 3.63) is 0 Å². The first kappa shape index (κ1) is 16.4. The summed E-state index contributed by atoms with van der Waals surface area (Å²) in [6.45, 7) is 14.6. The Morgan fingerprint density at radius 3 is 2.06 bits per heavy atom. The predicted molar refractivity (Wildman–Crippen MR) is 73.8 cm³/mol. The second kappa shape index (κ2) is 6.39. The predicted octanol–water partition coefficient (Wildman–Crippen LogP) is 2.65. The number of hydrogen-bond donors (Lipinski definition) is 1. The van der Waals surface area contributed by atoms with Crippen LogP contribution in [0.4, 0.5) is 0 Å². The van der Waals surface area contributed by atoms with Gasteiger partial charge in [0.2, 0.25) is 5.91 Å². The van der Waals surface area contributed by atoms with Gasteiger partial charge < -0.3 is 10.6 Å². The fourth-order valence-corrected chi connectivity index (χ4v) is 1.68. The van der Waals surface area contributed by atoms with Gasteiger partial charge in [0, 0.05) is 18.5 Å². The van der Waals surface area contributed by atoms with Crippen molar-refractivity contribution in [1.82, 2.24) is 4.90 Å². The maximum Gasteiger partial charge on any atom is 0.228 e. The fourth-order valence-electron chi connectivity index (χ4n) is 1.68. The van der Waals surface area contributed by atoms with Crippen molar-refractivity contribution in [3.63, 3.8) is 0 Å². The zero-order chi connectivity index (χ0) is 13.7. The largest absolute Gasteiger partial charge is 0.342 e. The summed E-state index contributed by atoms with van der Waals surface area (Å²) >= 11 is 0. The van der Waals surface area contributed by atoms with Crippen LogP contribution in [-0.4, -0.2) is 30.4 Å². The molecular formula is C14H30N2O. The smallest absolute Gasteiger partial charge is 0.228 e. The fraction of sp³-hybridized carbons (Fsp3) is 0.929. The van der Waals surface area contributed by atoms with Gasteiger partial charge >= 0.3 is 0 Å². The third-order valence-electron chi connectivity index (χ3n) is 3.42. The minimum Gasteiger partial charge on any atom is -0.342 e. The number of carbonyl (C=O) groups is 1. The minimum absolute atomic E-state index is 0.00531. The van der Waals surface area contributed by atoms with Gasteiger partial charge in [-0.3, -0.25) is 4.79 Å². The van der Waals surface area contributed by atoms with Crippen LogP contribution in [0.1, 0.15) is 54.4 Å². The molecule has 3 heteroatoms. The lowest BCUT2D eigenvalue weighted by molar-refractivity contribution is -0.142. The number of rotatable bonds is 7. The molecule has 0 aliphatic heterocycles. The Morgan fingerprint density at radius 2 is 1.71 bits per heavy atom. The first-order valence-corrected chi connectivity index (χ1v) is 6.69. The van der Waals surface area contributed by atoms with E-state index in [9.17, 15) is 4.79 Å². The summed E-state index contributed by atoms with van der Waals surface area (Å²) < 4.78 is 0. The number of hydrogen-bond acceptors (Lipinski definition) is 2. The summed E-state index contributed by atoms with van der Waals surface area (Å²) in [5.41, 5.74) is 5.49. The molecule has 2 N–H and O–H groups in total. The molecule has 0 unspecified atom stereocenters. The molecule has 0 rings (SSSR count). The van der Waals surface area contributed by atoms with Gasteiger partial charge in [0.15, 0.2) is 0 Å². The van der Waals surface area contributed by atoms with E-state index >= 15 is 0 Å². The van der Waals surface area contributed by atoms with E-state index in [1.54, 1.807) is 0 Å². The summed E-state index contributed by atoms with van der Waals surface area (Å²) in [4.78, 5) is 14.4. The third-order valence-corrected chi connectivity index (χ3v) is 3.42. The van der Waals surface area contributed by atoms with Crippen molar-refractivity contribution in [2.24, 2.45) is 16.6 Å². The molecular weight excluding hydrogens is 212 g/mol. The molecule has 0 aromatic heterocycles. The van der Waals surface area contributed by atoms with Crippen LogP contribution in [0.2, 0.25) is 0 Å². The Hall–Kier alpha value is -0.570. The molecule has 0 fully saturated rings. The van der Waals surface area contributed by atoms with Gasteiger partial charge in [0.05, 0.1) is 0 Å². The van der Waals surface area contributed by atoms with E-state index in [1.165, 1.54) is 0 Å². The van der Waals surface area contributed by atoms with Crippen molar-refractivity contribution in [2.45, 2.75) is 54.4 Å². The monoisotopic (exact) mass is 242 g/mol. The zero-order valence-corrected chi connectivity index (χ0v) is 12.5. The van der Waals surface area contributed by atoms with Gasteiger partial charge in [-0.1, -0.05) is 41.5 Å². The van der Waals surface area contributed by atoms with Gasteiger partial charge in [-0.15, -0.1) is 0 Å². The zero-order valence-electron chi connectivity index (χ0n) is 12.5. The summed E-state index contributed by atoms with van der Waals surface area (Å²) in [6, 6.07) is 0. The standard InChI is InChI=1S/C14H30N2O/c1-7-9-16(11-13(3,4)10-15)12(17)14(5,6)8-2/h7-11,15H2,1-6H3. The van der Waals surface area contributed by atoms with Crippen LogP contribution in [0.25, 0.3) is 0 Å². The van der Waals surface area contributed by atoms with E-state index in [2.05, 4.69) is 27.7 Å². The van der Waals surface area contributed by atoms with Gasteiger partial charge in [-0.2, -0.15) is 0 Å². The topological polar surface area (TPSA) is 46.3 Å². The maximum atomic E-state index is 12.5. The minimum atomic E-state index is -0.264. The van der Waals surface area contributed by atoms with Crippen molar-refractivity contribution >= 4 is 5.91 Å². The van der Waals surface area contributed by atoms with E-state index in [-0.39, 0.29) is 16.7 Å². The van der Waals surface area contributed by atoms with Gasteiger partial charge in [-0.05, 0) is 24.8 Å². The molecule has 0 heterocycles. The highest BCUT2D eigenvalue weighted by Crippen LogP contribution is 2.25. The molecule has 0 radical (unpaired) electrons. The highest BCUT2D eigenvalue weighted by atomic mass is 16.2. The van der Waals surface area contributed by atoms with E-state index in [1.807, 2.05) is 18.7 Å². The Labute approximate surface area is 107 Å². The molecule has 17 heavy (non-hydrogen) atoms. The number of nitrogens with zero attached hydrogens (tertiary/aromatic N) is 1. The van der Waals surface area contributed by atoms with Crippen LogP contribution < -0.4 is 5.73 Å². The maximum absolute atomic E-state index is 12.5. The molecule has 0 aromatic carbocycles. The quantitative estimate of drug-likeness (QED) is 0.746. The Morgan fingerprint density at radius 1 is 1.18 bits per heavy atom. The van der Waals surface area contributed by atoms with Crippen molar-refractivity contribution in [2.75, 3.05) is 19.6 Å². The van der Waals surface area contributed by atoms with Crippen LogP contribution in [0.15, 0.2) is 0 Å². The van der Waals surface area contributed by atoms with E-state index in [0.29, 0.717) is 6.54 Å². The van der Waals surface area contributed by atoms with Gasteiger partial charge in [-0.25, -0.2) is 0 Å². The summed E-state index contributed by atoms with van der Waals surface area (Å²) in [7, 11) is 0. The molecule has 3 nitrogen and oxygen atoms in total. The van der Waals surface area contributed by atoms with Crippen molar-refractivity contribution in [1.29, 1.82) is 0 Å². The van der Waals surface area contributed by atoms with Crippen LogP contribution in [-0.2, 0) is 4.79 Å². The van der Waals surface area contributed by atoms with Crippen LogP contribution in [0, 0.1) is 10.8 Å². The first-order chi connectivity index (χ1) is 7.70. The molecule has 0 bridgehead atoms. The number of carbonyl (C=O) groups excluding carboxylic acids is 1. The van der Waals surface area contributed by atoms with Crippen LogP contribution in [0.3, 0.4) is 0 Å². The van der Waals surface area contributed by atoms with Crippen LogP contribution >= 0.6 is 0 Å². The highest BCUT2D eigenvalue weighted by molar-refractivity contribution is 5.81. The molecule has 102 valence electrons. The average Bonchev–Trinajstić information content (AvgIpc) is 2.27. The Balaban J connectivity index is 4.80. The van der Waals surface area contributed by atoms with Gasteiger partial charge in [0.1, 0.15) is 0 Å². The molecule has 0 saturated heterocycles. The third kappa shape index (κ3) is 5.07. The van der Waals surface area contributed by atoms with Crippen LogP contribution in [0.5, 0.6) is 0 Å². The first-order valence-electron chi connectivity index (χ1n) is 6.69. The van der Waals surface area contributed by atoms with E-state index in [0.717, 1.165) is 25.9 Å². The van der Waals surface area contributed by atoms with E-state index < -0.39 is 0 Å². The molecule has 0 spiro atoms. The Kier molecular flexibility index (Phi) is 6.17. The molecule has 0 saturated carbocycles. The molecule has 0 aliphatic rings. The lowest BCUT2D eigenvalue weighted by atomic mass is 9.86. The summed E-state index contributed by atoms with van der Waals surface area (Å²) in [5.74, 6) is 0.253. The van der Waals surface area contributed by atoms with E-state index in [4.69, 9.17) is 5.73 Å². The van der Waals surface area contributed by atoms with Crippen molar-refractivity contribution < 1.29 is 4.79 Å². The molecule has 0 aromatic rings. The second-order valence-electron chi connectivity index (χ2n) is 6.33. The summed E-state index contributed by atoms with van der Waals surface area (Å²) in [5, 5.41) is 0. The lowest BCUT2D eigenvalue weighted by Crippen LogP contribution is -2.47. The highest BCUT2D eigenvalue weighted by Gasteiger charge is 2.32. The molecule has 0 atom stereocenters. The van der Waals surface area contributed by atoms with Gasteiger partial charge in [0.25, 0.3) is 0 Å². The van der Waals surface area contributed by atoms with Crippen molar-refractivity contribution in [3.8, 4) is 0 Å². The molecule has 1 amide bonds. The number of nitrogens with two attached hydrogens (primary N) is 1. The number of amides is 1. The average molecular weight is 242 g/mol. The SMILES string of the molecule is CCCN(CC(C)(C)CN)C(=O)C(C)(C)CC. The Bertz CT molecular complexity index is 247. The normalized spacial score (nSPS) is 12.6. The second-order valence-corrected chi connectivity index (χ2v) is 6.33. The summed E-state index contributed by atoms with van der Waals surface area (Å²) in [6.07, 6.45) is 1.86.